The first-order valence-electron chi connectivity index (χ1n) is 7.09. The molecule has 110 valence electrons. The molecule has 0 fully saturated rings. The fraction of sp³-hybridized carbons (Fsp3) is 0.294. The van der Waals surface area contributed by atoms with Crippen molar-refractivity contribution in [1.82, 2.24) is 5.32 Å². The standard InChI is InChI=1S/C17H19NO3/c1-12(18-10-13-5-3-2-4-6-13)17(19)14-7-8-15-16(9-14)21-11-20-15/h2-9,12,17-19H,10-11H2,1H3/t12-,17-/m0/s1. The molecule has 21 heavy (non-hydrogen) atoms. The van der Waals surface area contributed by atoms with Gasteiger partial charge in [0.2, 0.25) is 6.79 Å². The molecule has 2 atom stereocenters. The predicted molar refractivity (Wildman–Crippen MR) is 80.3 cm³/mol. The van der Waals surface area contributed by atoms with Crippen LogP contribution in [0.3, 0.4) is 0 Å². The molecule has 2 N–H and O–H groups in total. The zero-order valence-corrected chi connectivity index (χ0v) is 12.0. The second kappa shape index (κ2) is 6.16. The van der Waals surface area contributed by atoms with Gasteiger partial charge >= 0.3 is 0 Å². The van der Waals surface area contributed by atoms with E-state index in [1.165, 1.54) is 5.56 Å². The Kier molecular flexibility index (Phi) is 4.08. The summed E-state index contributed by atoms with van der Waals surface area (Å²) in [6.45, 7) is 2.94. The van der Waals surface area contributed by atoms with Crippen molar-refractivity contribution >= 4 is 0 Å². The molecule has 0 bridgehead atoms. The summed E-state index contributed by atoms with van der Waals surface area (Å²) in [6, 6.07) is 15.6. The van der Waals surface area contributed by atoms with Gasteiger partial charge in [0.15, 0.2) is 11.5 Å². The molecule has 0 amide bonds. The first kappa shape index (κ1) is 13.9. The van der Waals surface area contributed by atoms with E-state index in [-0.39, 0.29) is 12.8 Å². The van der Waals surface area contributed by atoms with E-state index in [0.717, 1.165) is 17.9 Å². The molecule has 2 aromatic rings. The Balaban J connectivity index is 1.63. The number of ether oxygens (including phenoxy) is 2. The minimum absolute atomic E-state index is 0.0643. The molecule has 3 rings (SSSR count). The normalized spacial score (nSPS) is 15.7. The molecule has 0 radical (unpaired) electrons. The third-order valence-electron chi connectivity index (χ3n) is 3.68. The number of hydrogen-bond acceptors (Lipinski definition) is 4. The third kappa shape index (κ3) is 3.17. The lowest BCUT2D eigenvalue weighted by Gasteiger charge is -2.21. The molecule has 0 aromatic heterocycles. The Morgan fingerprint density at radius 2 is 1.86 bits per heavy atom. The van der Waals surface area contributed by atoms with E-state index >= 15 is 0 Å². The Morgan fingerprint density at radius 1 is 1.10 bits per heavy atom. The van der Waals surface area contributed by atoms with Crippen LogP contribution < -0.4 is 14.8 Å². The van der Waals surface area contributed by atoms with E-state index in [0.29, 0.717) is 5.75 Å². The van der Waals surface area contributed by atoms with Gasteiger partial charge < -0.3 is 19.9 Å². The van der Waals surface area contributed by atoms with Gasteiger partial charge in [-0.3, -0.25) is 0 Å². The van der Waals surface area contributed by atoms with Crippen LogP contribution in [0.4, 0.5) is 0 Å². The summed E-state index contributed by atoms with van der Waals surface area (Å²) in [7, 11) is 0. The minimum Gasteiger partial charge on any atom is -0.454 e. The Hall–Kier alpha value is -2.04. The van der Waals surface area contributed by atoms with E-state index in [9.17, 15) is 5.11 Å². The highest BCUT2D eigenvalue weighted by molar-refractivity contribution is 5.45. The van der Waals surface area contributed by atoms with E-state index in [4.69, 9.17) is 9.47 Å². The zero-order valence-electron chi connectivity index (χ0n) is 12.0. The van der Waals surface area contributed by atoms with Gasteiger partial charge in [-0.1, -0.05) is 36.4 Å². The highest BCUT2D eigenvalue weighted by atomic mass is 16.7. The molecule has 0 spiro atoms. The van der Waals surface area contributed by atoms with Crippen LogP contribution in [-0.2, 0) is 6.54 Å². The van der Waals surface area contributed by atoms with Gasteiger partial charge in [-0.15, -0.1) is 0 Å². The third-order valence-corrected chi connectivity index (χ3v) is 3.68. The predicted octanol–water partition coefficient (Wildman–Crippen LogP) is 2.63. The number of nitrogens with one attached hydrogen (secondary N) is 1. The average Bonchev–Trinajstić information content (AvgIpc) is 3.00. The number of aliphatic hydroxyl groups is 1. The molecule has 0 saturated carbocycles. The quantitative estimate of drug-likeness (QED) is 0.886. The fourth-order valence-electron chi connectivity index (χ4n) is 2.37. The van der Waals surface area contributed by atoms with Crippen LogP contribution >= 0.6 is 0 Å². The molecule has 0 aliphatic carbocycles. The van der Waals surface area contributed by atoms with Crippen LogP contribution in [0.15, 0.2) is 48.5 Å². The number of hydrogen-bond donors (Lipinski definition) is 2. The minimum atomic E-state index is -0.594. The maximum atomic E-state index is 10.4. The summed E-state index contributed by atoms with van der Waals surface area (Å²) in [5.41, 5.74) is 2.02. The number of fused-ring (bicyclic) bond motifs is 1. The second-order valence-electron chi connectivity index (χ2n) is 5.21. The van der Waals surface area contributed by atoms with Gasteiger partial charge in [-0.2, -0.15) is 0 Å². The summed E-state index contributed by atoms with van der Waals surface area (Å²) in [4.78, 5) is 0. The molecule has 1 aliphatic heterocycles. The first-order valence-corrected chi connectivity index (χ1v) is 7.09. The maximum Gasteiger partial charge on any atom is 0.231 e. The van der Waals surface area contributed by atoms with Gasteiger partial charge in [0, 0.05) is 12.6 Å². The fourth-order valence-corrected chi connectivity index (χ4v) is 2.37. The van der Waals surface area contributed by atoms with Gasteiger partial charge in [0.1, 0.15) is 0 Å². The van der Waals surface area contributed by atoms with Crippen LogP contribution in [0.1, 0.15) is 24.2 Å². The molecule has 1 aliphatic rings. The molecule has 1 heterocycles. The van der Waals surface area contributed by atoms with Crippen molar-refractivity contribution in [2.24, 2.45) is 0 Å². The van der Waals surface area contributed by atoms with Crippen LogP contribution in [0.25, 0.3) is 0 Å². The molecule has 0 unspecified atom stereocenters. The van der Waals surface area contributed by atoms with Crippen LogP contribution in [0.2, 0.25) is 0 Å². The van der Waals surface area contributed by atoms with Crippen molar-refractivity contribution in [3.05, 3.63) is 59.7 Å². The Bertz CT molecular complexity index is 600. The lowest BCUT2D eigenvalue weighted by Crippen LogP contribution is -2.31. The van der Waals surface area contributed by atoms with Crippen LogP contribution in [-0.4, -0.2) is 17.9 Å². The van der Waals surface area contributed by atoms with E-state index in [1.54, 1.807) is 0 Å². The van der Waals surface area contributed by atoms with Crippen LogP contribution in [0.5, 0.6) is 11.5 Å². The Morgan fingerprint density at radius 3 is 2.67 bits per heavy atom. The lowest BCUT2D eigenvalue weighted by atomic mass is 10.0. The van der Waals surface area contributed by atoms with Gasteiger partial charge in [-0.05, 0) is 30.2 Å². The van der Waals surface area contributed by atoms with E-state index in [1.807, 2.05) is 43.3 Å². The zero-order chi connectivity index (χ0) is 14.7. The van der Waals surface area contributed by atoms with E-state index < -0.39 is 6.10 Å². The van der Waals surface area contributed by atoms with Crippen molar-refractivity contribution in [3.8, 4) is 11.5 Å². The van der Waals surface area contributed by atoms with Gasteiger partial charge in [-0.25, -0.2) is 0 Å². The highest BCUT2D eigenvalue weighted by Gasteiger charge is 2.20. The summed E-state index contributed by atoms with van der Waals surface area (Å²) in [6.07, 6.45) is -0.594. The highest BCUT2D eigenvalue weighted by Crippen LogP contribution is 2.34. The molecular formula is C17H19NO3. The largest absolute Gasteiger partial charge is 0.454 e. The number of rotatable bonds is 5. The SMILES string of the molecule is C[C@H](NCc1ccccc1)[C@H](O)c1ccc2c(c1)OCO2. The van der Waals surface area contributed by atoms with Crippen molar-refractivity contribution in [3.63, 3.8) is 0 Å². The molecular weight excluding hydrogens is 266 g/mol. The number of benzene rings is 2. The van der Waals surface area contributed by atoms with E-state index in [2.05, 4.69) is 17.4 Å². The topological polar surface area (TPSA) is 50.7 Å². The van der Waals surface area contributed by atoms with Gasteiger partial charge in [0.05, 0.1) is 6.10 Å². The summed E-state index contributed by atoms with van der Waals surface area (Å²) in [5, 5.41) is 13.8. The smallest absolute Gasteiger partial charge is 0.231 e. The van der Waals surface area contributed by atoms with Gasteiger partial charge in [0.25, 0.3) is 0 Å². The Labute approximate surface area is 124 Å². The van der Waals surface area contributed by atoms with Crippen molar-refractivity contribution in [2.75, 3.05) is 6.79 Å². The molecule has 2 aromatic carbocycles. The van der Waals surface area contributed by atoms with Crippen molar-refractivity contribution in [2.45, 2.75) is 25.6 Å². The second-order valence-corrected chi connectivity index (χ2v) is 5.21. The van der Waals surface area contributed by atoms with Crippen LogP contribution in [0, 0.1) is 0 Å². The maximum absolute atomic E-state index is 10.4. The number of aliphatic hydroxyl groups excluding tert-OH is 1. The molecule has 4 heteroatoms. The average molecular weight is 285 g/mol. The summed E-state index contributed by atoms with van der Waals surface area (Å²) < 4.78 is 10.6. The monoisotopic (exact) mass is 285 g/mol. The lowest BCUT2D eigenvalue weighted by molar-refractivity contribution is 0.135. The van der Waals surface area contributed by atoms with Crippen molar-refractivity contribution in [1.29, 1.82) is 0 Å². The van der Waals surface area contributed by atoms with Crippen molar-refractivity contribution < 1.29 is 14.6 Å². The molecule has 0 saturated heterocycles. The summed E-state index contributed by atoms with van der Waals surface area (Å²) >= 11 is 0. The first-order chi connectivity index (χ1) is 10.2. The molecule has 4 nitrogen and oxygen atoms in total. The summed E-state index contributed by atoms with van der Waals surface area (Å²) in [5.74, 6) is 1.43.